The summed E-state index contributed by atoms with van der Waals surface area (Å²) in [5.41, 5.74) is 6.21. The fourth-order valence-electron chi connectivity index (χ4n) is 4.41. The molecule has 7 atom stereocenters. The zero-order chi connectivity index (χ0) is 39.8. The highest BCUT2D eigenvalue weighted by molar-refractivity contribution is 7.99. The van der Waals surface area contributed by atoms with E-state index in [0.717, 1.165) is 17.2 Å². The maximum Gasteiger partial charge on any atom is 0.481 e. The zero-order valence-corrected chi connectivity index (χ0v) is 31.4. The minimum atomic E-state index is -5.57. The molecule has 3 heterocycles. The number of rotatable bonds is 21. The van der Waals surface area contributed by atoms with E-state index in [1.807, 2.05) is 5.43 Å². The van der Waals surface area contributed by atoms with E-state index in [2.05, 4.69) is 34.4 Å². The van der Waals surface area contributed by atoms with Crippen LogP contribution in [0, 0.1) is 5.41 Å². The molecule has 1 aliphatic rings. The van der Waals surface area contributed by atoms with Crippen LogP contribution in [0.4, 0.5) is 5.82 Å². The number of carbonyl (C=O) groups is 3. The van der Waals surface area contributed by atoms with Crippen molar-refractivity contribution in [2.75, 3.05) is 43.5 Å². The van der Waals surface area contributed by atoms with E-state index in [9.17, 15) is 57.9 Å². The minimum absolute atomic E-state index is 0.0280. The van der Waals surface area contributed by atoms with Crippen LogP contribution >= 0.6 is 35.2 Å². The fraction of sp³-hybridized carbons (Fsp3) is 0.652. The number of anilines is 1. The third kappa shape index (κ3) is 13.5. The Hall–Kier alpha value is -2.68. The van der Waals surface area contributed by atoms with Gasteiger partial charge in [0.2, 0.25) is 17.7 Å². The smallest absolute Gasteiger partial charge is 0.386 e. The van der Waals surface area contributed by atoms with Gasteiger partial charge in [0.15, 0.2) is 17.7 Å². The lowest BCUT2D eigenvalue weighted by molar-refractivity contribution is -0.137. The summed E-state index contributed by atoms with van der Waals surface area (Å²) in [6, 6.07) is 0. The van der Waals surface area contributed by atoms with Crippen molar-refractivity contribution in [3.63, 3.8) is 0 Å². The van der Waals surface area contributed by atoms with Crippen molar-refractivity contribution in [3.8, 4) is 0 Å². The number of nitrogens with two attached hydrogens (primary N) is 2. The maximum atomic E-state index is 12.6. The number of aliphatic hydroxyl groups is 2. The molecule has 3 rings (SSSR count). The topological polar surface area (TPSA) is 402 Å². The van der Waals surface area contributed by atoms with Crippen molar-refractivity contribution >= 4 is 69.9 Å². The number of thioether (sulfide) groups is 1. The summed E-state index contributed by atoms with van der Waals surface area (Å²) in [5.74, 6) is 3.64. The number of carbonyl (C=O) groups excluding carboxylic acids is 3. The number of amides is 3. The lowest BCUT2D eigenvalue weighted by Gasteiger charge is -2.30. The average Bonchev–Trinajstić information content (AvgIpc) is 3.62. The number of aromatic nitrogens is 4. The first-order valence-corrected chi connectivity index (χ1v) is 20.7. The van der Waals surface area contributed by atoms with Crippen LogP contribution in [0.5, 0.6) is 0 Å². The molecule has 0 aliphatic carbocycles. The summed E-state index contributed by atoms with van der Waals surface area (Å²) in [6.07, 6.45) is -6.93. The molecule has 13 N–H and O–H groups in total. The number of hydrazine groups is 1. The van der Waals surface area contributed by atoms with E-state index >= 15 is 0 Å². The van der Waals surface area contributed by atoms with Crippen molar-refractivity contribution < 1.29 is 80.5 Å². The van der Waals surface area contributed by atoms with Crippen LogP contribution in [-0.2, 0) is 50.7 Å². The van der Waals surface area contributed by atoms with Crippen molar-refractivity contribution in [3.05, 3.63) is 12.7 Å². The molecular formula is C23H40N9O17P3S. The molecule has 2 aromatic heterocycles. The molecule has 300 valence electrons. The molecule has 0 spiro atoms. The zero-order valence-electron chi connectivity index (χ0n) is 27.9. The first-order chi connectivity index (χ1) is 24.6. The van der Waals surface area contributed by atoms with Gasteiger partial charge in [-0.1, -0.05) is 13.8 Å². The van der Waals surface area contributed by atoms with E-state index in [1.165, 1.54) is 25.6 Å². The van der Waals surface area contributed by atoms with Crippen LogP contribution < -0.4 is 27.6 Å². The van der Waals surface area contributed by atoms with Gasteiger partial charge in [-0.05, 0) is 0 Å². The lowest BCUT2D eigenvalue weighted by Crippen LogP contribution is -2.46. The maximum absolute atomic E-state index is 12.6. The number of hydrogen-bond donors (Lipinski definition) is 11. The molecule has 53 heavy (non-hydrogen) atoms. The SMILES string of the molecule is CC(C)(COP(=O)(O)OP(=O)(O)OC[C@H]1O[C@@H](n2cnc3c(N)ncnc32)[C@H](O)[C@@H]1OP(=O)(O)O)[C@@H](O)C(=O)NCCC(=O)NCCSCC(=O)NN. The second-order valence-corrected chi connectivity index (χ2v) is 17.0. The average molecular weight is 840 g/mol. The van der Waals surface area contributed by atoms with Crippen molar-refractivity contribution in [1.29, 1.82) is 0 Å². The van der Waals surface area contributed by atoms with Gasteiger partial charge < -0.3 is 50.9 Å². The molecular weight excluding hydrogens is 799 g/mol. The molecule has 2 aromatic rings. The Balaban J connectivity index is 1.52. The quantitative estimate of drug-likeness (QED) is 0.0198. The number of imidazole rings is 1. The highest BCUT2D eigenvalue weighted by Gasteiger charge is 2.50. The lowest BCUT2D eigenvalue weighted by atomic mass is 9.87. The van der Waals surface area contributed by atoms with Crippen LogP contribution in [0.3, 0.4) is 0 Å². The molecule has 1 aliphatic heterocycles. The number of aliphatic hydroxyl groups excluding tert-OH is 2. The number of phosphoric ester groups is 3. The third-order valence-electron chi connectivity index (χ3n) is 7.04. The molecule has 0 radical (unpaired) electrons. The van der Waals surface area contributed by atoms with Crippen molar-refractivity contribution in [1.82, 2.24) is 35.6 Å². The van der Waals surface area contributed by atoms with Gasteiger partial charge in [-0.2, -0.15) is 16.1 Å². The number of nitrogens with one attached hydrogen (secondary N) is 3. The van der Waals surface area contributed by atoms with Gasteiger partial charge in [0, 0.05) is 30.7 Å². The minimum Gasteiger partial charge on any atom is -0.386 e. The van der Waals surface area contributed by atoms with E-state index in [1.54, 1.807) is 0 Å². The Morgan fingerprint density at radius 3 is 2.40 bits per heavy atom. The molecule has 1 saturated heterocycles. The molecule has 26 nitrogen and oxygen atoms in total. The molecule has 0 bridgehead atoms. The summed E-state index contributed by atoms with van der Waals surface area (Å²) in [4.78, 5) is 86.3. The van der Waals surface area contributed by atoms with Crippen LogP contribution in [0.2, 0.25) is 0 Å². The van der Waals surface area contributed by atoms with Gasteiger partial charge in [0.05, 0.1) is 25.3 Å². The van der Waals surface area contributed by atoms with Crippen LogP contribution in [0.15, 0.2) is 12.7 Å². The normalized spacial score (nSPS) is 22.1. The van der Waals surface area contributed by atoms with Gasteiger partial charge >= 0.3 is 23.5 Å². The highest BCUT2D eigenvalue weighted by atomic mass is 32.2. The van der Waals surface area contributed by atoms with Crippen molar-refractivity contribution in [2.45, 2.75) is 50.9 Å². The van der Waals surface area contributed by atoms with Crippen molar-refractivity contribution in [2.24, 2.45) is 11.3 Å². The largest absolute Gasteiger partial charge is 0.481 e. The third-order valence-corrected chi connectivity index (χ3v) is 11.1. The standard InChI is InChI=1S/C23H40N9O17P3S/c1-23(2,18(36)21(37)27-4-3-13(33)26-5-6-53-8-14(34)31-25)9-46-52(43,44)49-51(41,42)45-7-12-17(48-50(38,39)40)16(35)22(47-12)32-11-30-15-19(24)28-10-29-20(15)32/h10-12,16-18,22,35-36H,3-9,25H2,1-2H3,(H,26,33)(H,27,37)(H,31,34)(H,41,42)(H,43,44)(H2,24,28,29)(H2,38,39,40)/t12-,16-,17-,18+,22-/m1/s1. The van der Waals surface area contributed by atoms with Gasteiger partial charge in [-0.3, -0.25) is 37.9 Å². The molecule has 3 amide bonds. The Bertz CT molecular complexity index is 1750. The Kier molecular flexibility index (Phi) is 15.8. The first kappa shape index (κ1) is 44.7. The predicted octanol–water partition coefficient (Wildman–Crippen LogP) is -2.87. The monoisotopic (exact) mass is 839 g/mol. The van der Waals surface area contributed by atoms with Gasteiger partial charge in [-0.15, -0.1) is 0 Å². The molecule has 0 aromatic carbocycles. The Labute approximate surface area is 304 Å². The molecule has 2 unspecified atom stereocenters. The summed E-state index contributed by atoms with van der Waals surface area (Å²) in [7, 11) is -16.4. The fourth-order valence-corrected chi connectivity index (χ4v) is 7.90. The van der Waals surface area contributed by atoms with Gasteiger partial charge in [-0.25, -0.2) is 34.5 Å². The summed E-state index contributed by atoms with van der Waals surface area (Å²) in [6.45, 7) is 0.498. The van der Waals surface area contributed by atoms with Crippen LogP contribution in [-0.4, -0.2) is 129 Å². The summed E-state index contributed by atoms with van der Waals surface area (Å²) >= 11 is 1.23. The van der Waals surface area contributed by atoms with E-state index < -0.39 is 84.6 Å². The predicted molar refractivity (Wildman–Crippen MR) is 179 cm³/mol. The molecule has 1 fully saturated rings. The number of ether oxygens (including phenoxy) is 1. The summed E-state index contributed by atoms with van der Waals surface area (Å²) < 4.78 is 61.9. The van der Waals surface area contributed by atoms with Crippen LogP contribution in [0.25, 0.3) is 11.2 Å². The second kappa shape index (κ2) is 18.8. The number of hydrogen-bond acceptors (Lipinski definition) is 19. The number of phosphoric acid groups is 3. The molecule has 0 saturated carbocycles. The second-order valence-electron chi connectivity index (χ2n) is 11.7. The number of nitrogen functional groups attached to an aromatic ring is 1. The van der Waals surface area contributed by atoms with Gasteiger partial charge in [0.1, 0.15) is 36.3 Å². The first-order valence-electron chi connectivity index (χ1n) is 15.0. The van der Waals surface area contributed by atoms with E-state index in [4.69, 9.17) is 25.4 Å². The number of fused-ring (bicyclic) bond motifs is 1. The number of nitrogens with zero attached hydrogens (tertiary/aromatic N) is 4. The van der Waals surface area contributed by atoms with E-state index in [-0.39, 0.29) is 48.2 Å². The Morgan fingerprint density at radius 1 is 1.06 bits per heavy atom. The highest BCUT2D eigenvalue weighted by Crippen LogP contribution is 2.61. The summed E-state index contributed by atoms with van der Waals surface area (Å²) in [5, 5.41) is 26.2. The van der Waals surface area contributed by atoms with Crippen LogP contribution in [0.1, 0.15) is 26.5 Å². The van der Waals surface area contributed by atoms with E-state index in [0.29, 0.717) is 5.75 Å². The van der Waals surface area contributed by atoms with Gasteiger partial charge in [0.25, 0.3) is 0 Å². The molecule has 30 heteroatoms. The Morgan fingerprint density at radius 2 is 1.74 bits per heavy atom.